The zero-order valence-corrected chi connectivity index (χ0v) is 24.1. The number of para-hydroxylation sites is 1. The molecule has 3 atom stereocenters. The van der Waals surface area contributed by atoms with Crippen LogP contribution < -0.4 is 10.6 Å². The molecule has 0 spiro atoms. The standard InChI is InChI=1S/C29H40ClN3O5/c1-8-17-33(27(36)24(18(3)9-2)32-28(37)38-29(5,6)7)25(20-13-15-21(34)16-14-20)26(35)31-23-19(4)11-10-12-22(23)30/h10-16,18,24-25,34H,8-9,17H2,1-7H3,(H,31,35)(H,32,37). The van der Waals surface area contributed by atoms with E-state index in [2.05, 4.69) is 10.6 Å². The first-order chi connectivity index (χ1) is 17.8. The molecule has 2 aromatic rings. The average molecular weight is 546 g/mol. The number of aryl methyl sites for hydroxylation is 1. The highest BCUT2D eigenvalue weighted by Gasteiger charge is 2.38. The Hall–Kier alpha value is -3.26. The predicted molar refractivity (Wildman–Crippen MR) is 150 cm³/mol. The molecule has 0 bridgehead atoms. The molecule has 2 rings (SSSR count). The molecule has 3 unspecified atom stereocenters. The molecule has 0 heterocycles. The number of phenols is 1. The molecule has 0 fully saturated rings. The van der Waals surface area contributed by atoms with E-state index in [-0.39, 0.29) is 18.2 Å². The second-order valence-electron chi connectivity index (χ2n) is 10.5. The molecule has 2 aromatic carbocycles. The van der Waals surface area contributed by atoms with Crippen LogP contribution in [-0.2, 0) is 14.3 Å². The maximum absolute atomic E-state index is 14.1. The lowest BCUT2D eigenvalue weighted by Crippen LogP contribution is -2.54. The van der Waals surface area contributed by atoms with Gasteiger partial charge >= 0.3 is 6.09 Å². The van der Waals surface area contributed by atoms with Crippen LogP contribution in [0.4, 0.5) is 10.5 Å². The van der Waals surface area contributed by atoms with Crippen molar-refractivity contribution < 1.29 is 24.2 Å². The lowest BCUT2D eigenvalue weighted by Gasteiger charge is -2.36. The number of nitrogens with one attached hydrogen (secondary N) is 2. The van der Waals surface area contributed by atoms with Crippen molar-refractivity contribution in [3.8, 4) is 5.75 Å². The molecule has 3 amide bonds. The Morgan fingerprint density at radius 1 is 1.08 bits per heavy atom. The zero-order chi connectivity index (χ0) is 28.6. The average Bonchev–Trinajstić information content (AvgIpc) is 2.83. The summed E-state index contributed by atoms with van der Waals surface area (Å²) in [6, 6.07) is 9.47. The topological polar surface area (TPSA) is 108 Å². The van der Waals surface area contributed by atoms with Crippen LogP contribution in [0.1, 0.15) is 71.6 Å². The van der Waals surface area contributed by atoms with E-state index < -0.39 is 35.6 Å². The van der Waals surface area contributed by atoms with Gasteiger partial charge in [-0.2, -0.15) is 0 Å². The zero-order valence-electron chi connectivity index (χ0n) is 23.3. The minimum Gasteiger partial charge on any atom is -0.508 e. The molecule has 3 N–H and O–H groups in total. The molecule has 8 nitrogen and oxygen atoms in total. The third-order valence-electron chi connectivity index (χ3n) is 6.14. The van der Waals surface area contributed by atoms with Crippen LogP contribution in [0.3, 0.4) is 0 Å². The Labute approximate surface area is 230 Å². The summed E-state index contributed by atoms with van der Waals surface area (Å²) in [5, 5.41) is 15.9. The number of alkyl carbamates (subject to hydrolysis) is 1. The normalized spacial score (nSPS) is 13.7. The largest absolute Gasteiger partial charge is 0.508 e. The third kappa shape index (κ3) is 8.38. The number of aromatic hydroxyl groups is 1. The van der Waals surface area contributed by atoms with Gasteiger partial charge in [0.15, 0.2) is 0 Å². The van der Waals surface area contributed by atoms with Crippen molar-refractivity contribution in [1.82, 2.24) is 10.2 Å². The van der Waals surface area contributed by atoms with Crippen LogP contribution >= 0.6 is 11.6 Å². The van der Waals surface area contributed by atoms with Crippen molar-refractivity contribution >= 4 is 35.2 Å². The summed E-state index contributed by atoms with van der Waals surface area (Å²) in [4.78, 5) is 42.1. The van der Waals surface area contributed by atoms with E-state index in [1.807, 2.05) is 33.8 Å². The van der Waals surface area contributed by atoms with Crippen molar-refractivity contribution in [2.45, 2.75) is 79.0 Å². The molecule has 0 saturated heterocycles. The molecule has 0 radical (unpaired) electrons. The number of hydrogen-bond donors (Lipinski definition) is 3. The first kappa shape index (κ1) is 31.0. The first-order valence-corrected chi connectivity index (χ1v) is 13.3. The van der Waals surface area contributed by atoms with Crippen molar-refractivity contribution in [2.75, 3.05) is 11.9 Å². The molecular weight excluding hydrogens is 506 g/mol. The minimum absolute atomic E-state index is 0.0345. The van der Waals surface area contributed by atoms with Gasteiger partial charge in [0.25, 0.3) is 5.91 Å². The number of hydrogen-bond acceptors (Lipinski definition) is 5. The molecule has 0 aromatic heterocycles. The monoisotopic (exact) mass is 545 g/mol. The van der Waals surface area contributed by atoms with Gasteiger partial charge in [0.05, 0.1) is 10.7 Å². The molecular formula is C29H40ClN3O5. The van der Waals surface area contributed by atoms with Gasteiger partial charge in [-0.05, 0) is 69.4 Å². The maximum atomic E-state index is 14.1. The van der Waals surface area contributed by atoms with E-state index in [0.29, 0.717) is 29.1 Å². The molecule has 9 heteroatoms. The number of benzene rings is 2. The Bertz CT molecular complexity index is 1090. The second-order valence-corrected chi connectivity index (χ2v) is 10.9. The van der Waals surface area contributed by atoms with Crippen molar-refractivity contribution in [1.29, 1.82) is 0 Å². The number of rotatable bonds is 10. The number of phenolic OH excluding ortho intramolecular Hbond substituents is 1. The molecule has 0 aliphatic carbocycles. The maximum Gasteiger partial charge on any atom is 0.408 e. The van der Waals surface area contributed by atoms with Crippen LogP contribution in [0, 0.1) is 12.8 Å². The van der Waals surface area contributed by atoms with Crippen LogP contribution in [0.25, 0.3) is 0 Å². The van der Waals surface area contributed by atoms with E-state index in [1.54, 1.807) is 45.0 Å². The minimum atomic E-state index is -1.05. The number of halogens is 1. The predicted octanol–water partition coefficient (Wildman–Crippen LogP) is 6.21. The summed E-state index contributed by atoms with van der Waals surface area (Å²) in [7, 11) is 0. The first-order valence-electron chi connectivity index (χ1n) is 12.9. The van der Waals surface area contributed by atoms with Crippen LogP contribution in [0.15, 0.2) is 42.5 Å². The number of ether oxygens (including phenoxy) is 1. The summed E-state index contributed by atoms with van der Waals surface area (Å²) in [5.41, 5.74) is 0.995. The molecule has 0 aliphatic heterocycles. The molecule has 0 aliphatic rings. The fourth-order valence-electron chi connectivity index (χ4n) is 4.01. The molecule has 0 saturated carbocycles. The number of anilines is 1. The second kappa shape index (κ2) is 13.5. The van der Waals surface area contributed by atoms with Crippen LogP contribution in [-0.4, -0.2) is 46.1 Å². The number of carbonyl (C=O) groups excluding carboxylic acids is 3. The summed E-state index contributed by atoms with van der Waals surface area (Å²) in [5.74, 6) is -1.07. The smallest absolute Gasteiger partial charge is 0.408 e. The highest BCUT2D eigenvalue weighted by Crippen LogP contribution is 2.30. The van der Waals surface area contributed by atoms with Gasteiger partial charge in [-0.3, -0.25) is 9.59 Å². The van der Waals surface area contributed by atoms with Gasteiger partial charge in [-0.25, -0.2) is 4.79 Å². The van der Waals surface area contributed by atoms with Crippen molar-refractivity contribution in [2.24, 2.45) is 5.92 Å². The van der Waals surface area contributed by atoms with Crippen molar-refractivity contribution in [3.05, 3.63) is 58.6 Å². The number of carbonyl (C=O) groups is 3. The van der Waals surface area contributed by atoms with Crippen LogP contribution in [0.5, 0.6) is 5.75 Å². The SMILES string of the molecule is CCCN(C(=O)C(NC(=O)OC(C)(C)C)C(C)CC)C(C(=O)Nc1c(C)cccc1Cl)c1ccc(O)cc1. The lowest BCUT2D eigenvalue weighted by molar-refractivity contribution is -0.141. The van der Waals surface area contributed by atoms with Crippen molar-refractivity contribution in [3.63, 3.8) is 0 Å². The van der Waals surface area contributed by atoms with Crippen LogP contribution in [0.2, 0.25) is 5.02 Å². The Morgan fingerprint density at radius 2 is 1.71 bits per heavy atom. The van der Waals surface area contributed by atoms with Gasteiger partial charge in [0.1, 0.15) is 23.4 Å². The van der Waals surface area contributed by atoms with E-state index in [0.717, 1.165) is 5.56 Å². The third-order valence-corrected chi connectivity index (χ3v) is 6.45. The van der Waals surface area contributed by atoms with Gasteiger partial charge in [0.2, 0.25) is 5.91 Å². The summed E-state index contributed by atoms with van der Waals surface area (Å²) in [6.45, 7) is 13.0. The molecule has 38 heavy (non-hydrogen) atoms. The highest BCUT2D eigenvalue weighted by atomic mass is 35.5. The number of amides is 3. The van der Waals surface area contributed by atoms with Gasteiger partial charge < -0.3 is 25.4 Å². The summed E-state index contributed by atoms with van der Waals surface area (Å²) in [6.07, 6.45) is 0.476. The van der Waals surface area contributed by atoms with E-state index in [4.69, 9.17) is 16.3 Å². The Balaban J connectivity index is 2.55. The fraction of sp³-hybridized carbons (Fsp3) is 0.483. The van der Waals surface area contributed by atoms with E-state index >= 15 is 0 Å². The summed E-state index contributed by atoms with van der Waals surface area (Å²) >= 11 is 6.38. The number of nitrogens with zero attached hydrogens (tertiary/aromatic N) is 1. The van der Waals surface area contributed by atoms with E-state index in [1.165, 1.54) is 17.0 Å². The lowest BCUT2D eigenvalue weighted by atomic mass is 9.95. The quantitative estimate of drug-likeness (QED) is 0.329. The van der Waals surface area contributed by atoms with Gasteiger partial charge in [0, 0.05) is 6.54 Å². The Kier molecular flexibility index (Phi) is 11.0. The highest BCUT2D eigenvalue weighted by molar-refractivity contribution is 6.34. The summed E-state index contributed by atoms with van der Waals surface area (Å²) < 4.78 is 5.42. The van der Waals surface area contributed by atoms with E-state index in [9.17, 15) is 19.5 Å². The van der Waals surface area contributed by atoms with Gasteiger partial charge in [-0.1, -0.05) is 63.1 Å². The van der Waals surface area contributed by atoms with Gasteiger partial charge in [-0.15, -0.1) is 0 Å². The Morgan fingerprint density at radius 3 is 2.24 bits per heavy atom. The molecule has 208 valence electrons. The fourth-order valence-corrected chi connectivity index (χ4v) is 4.28.